The molecule has 3 aliphatic carbocycles. The van der Waals surface area contributed by atoms with Crippen LogP contribution < -0.4 is 5.32 Å². The van der Waals surface area contributed by atoms with Gasteiger partial charge in [0.25, 0.3) is 0 Å². The van der Waals surface area contributed by atoms with Gasteiger partial charge in [-0.2, -0.15) is 0 Å². The second kappa shape index (κ2) is 6.11. The van der Waals surface area contributed by atoms with Crippen LogP contribution in [0.2, 0.25) is 0 Å². The lowest BCUT2D eigenvalue weighted by molar-refractivity contribution is -0.119. The molecule has 1 heterocycles. The topological polar surface area (TPSA) is 59.8 Å². The van der Waals surface area contributed by atoms with Gasteiger partial charge in [0.2, 0.25) is 5.91 Å². The number of aryl methyl sites for hydroxylation is 1. The minimum atomic E-state index is 0.133. The summed E-state index contributed by atoms with van der Waals surface area (Å²) >= 11 is 1.52. The van der Waals surface area contributed by atoms with Crippen LogP contribution in [0.4, 0.5) is 0 Å². The highest BCUT2D eigenvalue weighted by molar-refractivity contribution is 7.99. The van der Waals surface area contributed by atoms with Crippen molar-refractivity contribution in [2.75, 3.05) is 5.75 Å². The highest BCUT2D eigenvalue weighted by atomic mass is 32.2. The van der Waals surface area contributed by atoms with E-state index in [9.17, 15) is 4.79 Å². The fourth-order valence-corrected chi connectivity index (χ4v) is 5.50. The van der Waals surface area contributed by atoms with E-state index in [2.05, 4.69) is 27.0 Å². The van der Waals surface area contributed by atoms with E-state index in [4.69, 9.17) is 0 Å². The molecule has 3 saturated carbocycles. The van der Waals surface area contributed by atoms with E-state index in [-0.39, 0.29) is 5.91 Å². The molecular formula is C17H26N4OS. The molecule has 3 fully saturated rings. The molecule has 23 heavy (non-hydrogen) atoms. The fraction of sp³-hybridized carbons (Fsp3) is 0.824. The van der Waals surface area contributed by atoms with Gasteiger partial charge in [0.15, 0.2) is 5.16 Å². The number of nitrogens with zero attached hydrogens (tertiary/aromatic N) is 3. The van der Waals surface area contributed by atoms with Crippen molar-refractivity contribution >= 4 is 17.7 Å². The third-order valence-electron chi connectivity index (χ3n) is 5.90. The normalized spacial score (nSPS) is 30.6. The Kier molecular flexibility index (Phi) is 4.12. The summed E-state index contributed by atoms with van der Waals surface area (Å²) in [5.74, 6) is 4.01. The number of carbonyl (C=O) groups excluding carboxylic acids is 1. The van der Waals surface area contributed by atoms with Crippen molar-refractivity contribution < 1.29 is 4.79 Å². The summed E-state index contributed by atoms with van der Waals surface area (Å²) in [4.78, 5) is 12.3. The van der Waals surface area contributed by atoms with Crippen LogP contribution in [0, 0.1) is 24.7 Å². The highest BCUT2D eigenvalue weighted by Gasteiger charge is 2.42. The van der Waals surface area contributed by atoms with Crippen molar-refractivity contribution in [2.45, 2.75) is 69.6 Å². The first-order valence-electron chi connectivity index (χ1n) is 8.95. The lowest BCUT2D eigenvalue weighted by Crippen LogP contribution is -2.40. The van der Waals surface area contributed by atoms with Crippen molar-refractivity contribution in [3.63, 3.8) is 0 Å². The molecule has 1 N–H and O–H groups in total. The van der Waals surface area contributed by atoms with Gasteiger partial charge in [-0.15, -0.1) is 10.2 Å². The van der Waals surface area contributed by atoms with Crippen LogP contribution in [-0.4, -0.2) is 32.5 Å². The van der Waals surface area contributed by atoms with Crippen molar-refractivity contribution in [1.29, 1.82) is 0 Å². The SMILES string of the molecule is Cc1nnc(SCC(=O)N[C@@H](C)[C@H]2C[C@H]3CC[C@H]2C3)n1C1CC1. The molecule has 0 spiro atoms. The van der Waals surface area contributed by atoms with Crippen LogP contribution in [0.5, 0.6) is 0 Å². The smallest absolute Gasteiger partial charge is 0.230 e. The third kappa shape index (κ3) is 3.14. The Morgan fingerprint density at radius 3 is 2.78 bits per heavy atom. The number of thioether (sulfide) groups is 1. The van der Waals surface area contributed by atoms with E-state index in [0.717, 1.165) is 22.8 Å². The van der Waals surface area contributed by atoms with Crippen LogP contribution in [0.1, 0.15) is 57.3 Å². The van der Waals surface area contributed by atoms with Crippen LogP contribution in [-0.2, 0) is 4.79 Å². The first-order valence-corrected chi connectivity index (χ1v) is 9.94. The average Bonchev–Trinajstić information content (AvgIpc) is 2.96. The van der Waals surface area contributed by atoms with Gasteiger partial charge in [0.05, 0.1) is 5.75 Å². The number of aromatic nitrogens is 3. The van der Waals surface area contributed by atoms with Gasteiger partial charge in [0.1, 0.15) is 5.82 Å². The minimum Gasteiger partial charge on any atom is -0.353 e. The molecule has 6 heteroatoms. The molecular weight excluding hydrogens is 308 g/mol. The van der Waals surface area contributed by atoms with E-state index in [1.54, 1.807) is 0 Å². The fourth-order valence-electron chi connectivity index (χ4n) is 4.64. The second-order valence-corrected chi connectivity index (χ2v) is 8.56. The number of nitrogens with one attached hydrogen (secondary N) is 1. The predicted octanol–water partition coefficient (Wildman–Crippen LogP) is 2.95. The Hall–Kier alpha value is -1.04. The predicted molar refractivity (Wildman–Crippen MR) is 90.3 cm³/mol. The van der Waals surface area contributed by atoms with Gasteiger partial charge in [0, 0.05) is 12.1 Å². The average molecular weight is 334 g/mol. The van der Waals surface area contributed by atoms with E-state index in [1.807, 2.05) is 6.92 Å². The van der Waals surface area contributed by atoms with Gasteiger partial charge in [-0.3, -0.25) is 4.79 Å². The largest absolute Gasteiger partial charge is 0.353 e. The lowest BCUT2D eigenvalue weighted by Gasteiger charge is -2.28. The summed E-state index contributed by atoms with van der Waals surface area (Å²) in [7, 11) is 0. The standard InChI is InChI=1S/C17H26N4OS/c1-10(15-8-12-3-4-13(15)7-12)18-16(22)9-23-17-20-19-11(2)21(17)14-5-6-14/h10,12-15H,3-9H2,1-2H3,(H,18,22)/t10-,12-,13-,15+/m0/s1. The van der Waals surface area contributed by atoms with Crippen LogP contribution in [0.25, 0.3) is 0 Å². The van der Waals surface area contributed by atoms with E-state index >= 15 is 0 Å². The Morgan fingerprint density at radius 2 is 2.13 bits per heavy atom. The van der Waals surface area contributed by atoms with E-state index < -0.39 is 0 Å². The Balaban J connectivity index is 1.29. The van der Waals surface area contributed by atoms with E-state index in [0.29, 0.717) is 23.8 Å². The lowest BCUT2D eigenvalue weighted by atomic mass is 9.84. The molecule has 1 aromatic heterocycles. The van der Waals surface area contributed by atoms with Gasteiger partial charge in [-0.1, -0.05) is 18.2 Å². The summed E-state index contributed by atoms with van der Waals surface area (Å²) in [5.41, 5.74) is 0. The third-order valence-corrected chi connectivity index (χ3v) is 6.85. The Bertz CT molecular complexity index is 597. The zero-order chi connectivity index (χ0) is 16.0. The van der Waals surface area contributed by atoms with Crippen LogP contribution >= 0.6 is 11.8 Å². The monoisotopic (exact) mass is 334 g/mol. The quantitative estimate of drug-likeness (QED) is 0.813. The summed E-state index contributed by atoms with van der Waals surface area (Å²) in [6.45, 7) is 4.18. The molecule has 0 aliphatic heterocycles. The van der Waals surface area contributed by atoms with Gasteiger partial charge in [-0.05, 0) is 63.7 Å². The molecule has 0 aromatic carbocycles. The molecule has 4 rings (SSSR count). The summed E-state index contributed by atoms with van der Waals surface area (Å²) < 4.78 is 2.19. The molecule has 0 saturated heterocycles. The van der Waals surface area contributed by atoms with Crippen LogP contribution in [0.15, 0.2) is 5.16 Å². The second-order valence-electron chi connectivity index (χ2n) is 7.61. The molecule has 3 aliphatic rings. The van der Waals surface area contributed by atoms with Crippen molar-refractivity contribution in [3.8, 4) is 0 Å². The molecule has 0 unspecified atom stereocenters. The van der Waals surface area contributed by atoms with Gasteiger partial charge in [-0.25, -0.2) is 0 Å². The van der Waals surface area contributed by atoms with Gasteiger partial charge >= 0.3 is 0 Å². The van der Waals surface area contributed by atoms with Crippen molar-refractivity contribution in [2.24, 2.45) is 17.8 Å². The zero-order valence-electron chi connectivity index (χ0n) is 14.0. The Morgan fingerprint density at radius 1 is 1.30 bits per heavy atom. The molecule has 1 aromatic rings. The molecule has 2 bridgehead atoms. The first-order chi connectivity index (χ1) is 11.1. The number of hydrogen-bond donors (Lipinski definition) is 1. The number of amides is 1. The number of rotatable bonds is 6. The summed E-state index contributed by atoms with van der Waals surface area (Å²) in [6.07, 6.45) is 7.90. The summed E-state index contributed by atoms with van der Waals surface area (Å²) in [5, 5.41) is 12.5. The summed E-state index contributed by atoms with van der Waals surface area (Å²) in [6, 6.07) is 0.866. The number of hydrogen-bond acceptors (Lipinski definition) is 4. The molecule has 126 valence electrons. The highest BCUT2D eigenvalue weighted by Crippen LogP contribution is 2.49. The first kappa shape index (κ1) is 15.5. The van der Waals surface area contributed by atoms with E-state index in [1.165, 1.54) is 50.3 Å². The maximum Gasteiger partial charge on any atom is 0.230 e. The molecule has 5 nitrogen and oxygen atoms in total. The maximum atomic E-state index is 12.3. The molecule has 4 atom stereocenters. The molecule has 0 radical (unpaired) electrons. The van der Waals surface area contributed by atoms with Crippen molar-refractivity contribution in [1.82, 2.24) is 20.1 Å². The van der Waals surface area contributed by atoms with Crippen LogP contribution in [0.3, 0.4) is 0 Å². The van der Waals surface area contributed by atoms with Gasteiger partial charge < -0.3 is 9.88 Å². The number of carbonyl (C=O) groups is 1. The minimum absolute atomic E-state index is 0.133. The molecule has 1 amide bonds. The number of fused-ring (bicyclic) bond motifs is 2. The zero-order valence-corrected chi connectivity index (χ0v) is 14.8. The van der Waals surface area contributed by atoms with Crippen molar-refractivity contribution in [3.05, 3.63) is 5.82 Å². The maximum absolute atomic E-state index is 12.3. The Labute approximate surface area is 142 Å².